The van der Waals surface area contributed by atoms with E-state index < -0.39 is 11.6 Å². The van der Waals surface area contributed by atoms with Crippen LogP contribution >= 0.6 is 11.3 Å². The Morgan fingerprint density at radius 2 is 2.15 bits per heavy atom. The average Bonchev–Trinajstić information content (AvgIpc) is 2.56. The summed E-state index contributed by atoms with van der Waals surface area (Å²) in [5.74, 6) is -1.18. The molecule has 0 saturated heterocycles. The Hall–Kier alpha value is -1.29. The largest absolute Gasteiger partial charge is 0.244 e. The highest BCUT2D eigenvalue weighted by molar-refractivity contribution is 7.12. The SMILES string of the molecule is Fc1ccc(-c2nc[c]s2)c(F)c1. The van der Waals surface area contributed by atoms with Crippen molar-refractivity contribution in [3.05, 3.63) is 41.4 Å². The van der Waals surface area contributed by atoms with Crippen LogP contribution in [0.5, 0.6) is 0 Å². The lowest BCUT2D eigenvalue weighted by Gasteiger charge is -1.97. The maximum absolute atomic E-state index is 13.1. The fourth-order valence-electron chi connectivity index (χ4n) is 0.981. The van der Waals surface area contributed by atoms with Crippen LogP contribution in [0.4, 0.5) is 8.78 Å². The molecule has 0 amide bonds. The van der Waals surface area contributed by atoms with E-state index in [-0.39, 0.29) is 0 Å². The van der Waals surface area contributed by atoms with Gasteiger partial charge in [0.2, 0.25) is 0 Å². The predicted molar refractivity (Wildman–Crippen MR) is 46.3 cm³/mol. The first-order valence-electron chi connectivity index (χ1n) is 3.54. The molecule has 0 unspecified atom stereocenters. The van der Waals surface area contributed by atoms with Crippen LogP contribution in [0.15, 0.2) is 24.4 Å². The minimum absolute atomic E-state index is 0.313. The van der Waals surface area contributed by atoms with Gasteiger partial charge in [0.15, 0.2) is 0 Å². The topological polar surface area (TPSA) is 12.9 Å². The van der Waals surface area contributed by atoms with E-state index in [4.69, 9.17) is 0 Å². The van der Waals surface area contributed by atoms with Gasteiger partial charge in [0.1, 0.15) is 16.6 Å². The zero-order chi connectivity index (χ0) is 9.26. The summed E-state index contributed by atoms with van der Waals surface area (Å²) < 4.78 is 25.7. The van der Waals surface area contributed by atoms with Crippen molar-refractivity contribution in [3.63, 3.8) is 0 Å². The normalized spacial score (nSPS) is 10.3. The first-order valence-corrected chi connectivity index (χ1v) is 4.36. The Morgan fingerprint density at radius 1 is 1.31 bits per heavy atom. The van der Waals surface area contributed by atoms with Crippen molar-refractivity contribution in [1.29, 1.82) is 0 Å². The lowest BCUT2D eigenvalue weighted by atomic mass is 10.2. The summed E-state index contributed by atoms with van der Waals surface area (Å²) in [5, 5.41) is 3.25. The highest BCUT2D eigenvalue weighted by Gasteiger charge is 2.07. The third kappa shape index (κ3) is 1.58. The summed E-state index contributed by atoms with van der Waals surface area (Å²) in [6.45, 7) is 0. The molecule has 0 N–H and O–H groups in total. The van der Waals surface area contributed by atoms with E-state index in [0.29, 0.717) is 10.6 Å². The third-order valence-electron chi connectivity index (χ3n) is 1.55. The first kappa shape index (κ1) is 8.31. The number of benzene rings is 1. The molecule has 1 aromatic carbocycles. The Labute approximate surface area is 77.7 Å². The number of hydrogen-bond acceptors (Lipinski definition) is 2. The minimum Gasteiger partial charge on any atom is -0.244 e. The third-order valence-corrected chi connectivity index (χ3v) is 2.29. The quantitative estimate of drug-likeness (QED) is 0.683. The van der Waals surface area contributed by atoms with Crippen LogP contribution < -0.4 is 0 Å². The van der Waals surface area contributed by atoms with Gasteiger partial charge in [-0.05, 0) is 12.1 Å². The second-order valence-electron chi connectivity index (χ2n) is 2.41. The van der Waals surface area contributed by atoms with Gasteiger partial charge in [0, 0.05) is 17.8 Å². The molecule has 0 aliphatic heterocycles. The van der Waals surface area contributed by atoms with Gasteiger partial charge in [-0.25, -0.2) is 13.8 Å². The molecule has 0 aliphatic rings. The molecular formula is C9H4F2NS. The van der Waals surface area contributed by atoms with Crippen molar-refractivity contribution in [1.82, 2.24) is 4.98 Å². The number of thiazole rings is 1. The van der Waals surface area contributed by atoms with Crippen LogP contribution in [0, 0.1) is 17.0 Å². The molecule has 0 fully saturated rings. The van der Waals surface area contributed by atoms with Crippen LogP contribution in [-0.4, -0.2) is 4.98 Å². The summed E-state index contributed by atoms with van der Waals surface area (Å²) in [6.07, 6.45) is 1.46. The summed E-state index contributed by atoms with van der Waals surface area (Å²) in [5.41, 5.74) is 0.313. The van der Waals surface area contributed by atoms with Crippen molar-refractivity contribution in [2.45, 2.75) is 0 Å². The molecule has 1 heterocycles. The van der Waals surface area contributed by atoms with Gasteiger partial charge >= 0.3 is 0 Å². The summed E-state index contributed by atoms with van der Waals surface area (Å²) >= 11 is 1.20. The van der Waals surface area contributed by atoms with Gasteiger partial charge in [0.05, 0.1) is 5.38 Å². The Bertz CT molecular complexity index is 412. The lowest BCUT2D eigenvalue weighted by Crippen LogP contribution is -1.84. The van der Waals surface area contributed by atoms with E-state index in [0.717, 1.165) is 6.07 Å². The molecule has 1 nitrogen and oxygen atoms in total. The minimum atomic E-state index is -0.594. The van der Waals surface area contributed by atoms with Crippen molar-refractivity contribution < 1.29 is 8.78 Å². The lowest BCUT2D eigenvalue weighted by molar-refractivity contribution is 0.585. The van der Waals surface area contributed by atoms with Gasteiger partial charge in [-0.1, -0.05) is 0 Å². The number of rotatable bonds is 1. The number of aromatic nitrogens is 1. The molecule has 2 rings (SSSR count). The molecule has 1 radical (unpaired) electrons. The fourth-order valence-corrected chi connectivity index (χ4v) is 1.58. The molecule has 65 valence electrons. The second-order valence-corrected chi connectivity index (χ2v) is 3.23. The molecule has 1 aromatic heterocycles. The maximum atomic E-state index is 13.1. The van der Waals surface area contributed by atoms with E-state index in [2.05, 4.69) is 10.4 Å². The average molecular weight is 196 g/mol. The van der Waals surface area contributed by atoms with Gasteiger partial charge in [-0.15, -0.1) is 11.3 Å². The van der Waals surface area contributed by atoms with E-state index in [1.54, 1.807) is 0 Å². The summed E-state index contributed by atoms with van der Waals surface area (Å²) in [4.78, 5) is 3.88. The van der Waals surface area contributed by atoms with Gasteiger partial charge in [0.25, 0.3) is 0 Å². The van der Waals surface area contributed by atoms with Crippen molar-refractivity contribution >= 4 is 11.3 Å². The molecule has 0 spiro atoms. The van der Waals surface area contributed by atoms with Gasteiger partial charge in [-0.3, -0.25) is 0 Å². The van der Waals surface area contributed by atoms with Crippen molar-refractivity contribution in [3.8, 4) is 10.6 Å². The molecule has 0 bridgehead atoms. The van der Waals surface area contributed by atoms with E-state index in [1.807, 2.05) is 0 Å². The van der Waals surface area contributed by atoms with Crippen LogP contribution in [-0.2, 0) is 0 Å². The Kier molecular flexibility index (Phi) is 2.06. The highest BCUT2D eigenvalue weighted by Crippen LogP contribution is 2.24. The predicted octanol–water partition coefficient (Wildman–Crippen LogP) is 2.89. The van der Waals surface area contributed by atoms with Crippen LogP contribution in [0.3, 0.4) is 0 Å². The number of hydrogen-bond donors (Lipinski definition) is 0. The van der Waals surface area contributed by atoms with Gasteiger partial charge < -0.3 is 0 Å². The molecular weight excluding hydrogens is 192 g/mol. The monoisotopic (exact) mass is 196 g/mol. The molecule has 0 saturated carbocycles. The van der Waals surface area contributed by atoms with Crippen molar-refractivity contribution in [2.24, 2.45) is 0 Å². The van der Waals surface area contributed by atoms with E-state index >= 15 is 0 Å². The number of halogens is 2. The maximum Gasteiger partial charge on any atom is 0.136 e. The molecule has 0 aliphatic carbocycles. The molecule has 2 aromatic rings. The second kappa shape index (κ2) is 3.22. The van der Waals surface area contributed by atoms with Crippen LogP contribution in [0.25, 0.3) is 10.6 Å². The molecule has 0 atom stereocenters. The van der Waals surface area contributed by atoms with Crippen LogP contribution in [0.2, 0.25) is 0 Å². The summed E-state index contributed by atoms with van der Waals surface area (Å²) in [7, 11) is 0. The smallest absolute Gasteiger partial charge is 0.136 e. The van der Waals surface area contributed by atoms with Crippen molar-refractivity contribution in [2.75, 3.05) is 0 Å². The zero-order valence-corrected chi connectivity index (χ0v) is 7.24. The zero-order valence-electron chi connectivity index (χ0n) is 6.42. The Morgan fingerprint density at radius 3 is 2.77 bits per heavy atom. The van der Waals surface area contributed by atoms with E-state index in [9.17, 15) is 8.78 Å². The fraction of sp³-hybridized carbons (Fsp3) is 0. The highest BCUT2D eigenvalue weighted by atomic mass is 32.1. The van der Waals surface area contributed by atoms with Gasteiger partial charge in [-0.2, -0.15) is 0 Å². The first-order chi connectivity index (χ1) is 6.27. The molecule has 4 heteroatoms. The van der Waals surface area contributed by atoms with Crippen LogP contribution in [0.1, 0.15) is 0 Å². The standard InChI is InChI=1S/C9H4F2NS/c10-6-1-2-7(8(11)5-6)9-12-3-4-13-9/h1-3,5H. The molecule has 13 heavy (non-hydrogen) atoms. The van der Waals surface area contributed by atoms with E-state index in [1.165, 1.54) is 29.7 Å². The number of nitrogens with zero attached hydrogens (tertiary/aromatic N) is 1. The Balaban J connectivity index is 2.53. The summed E-state index contributed by atoms with van der Waals surface area (Å²) in [6, 6.07) is 3.42.